The fourth-order valence-corrected chi connectivity index (χ4v) is 2.92. The van der Waals surface area contributed by atoms with Gasteiger partial charge in [-0.1, -0.05) is 18.7 Å². The summed E-state index contributed by atoms with van der Waals surface area (Å²) >= 11 is 0. The minimum Gasteiger partial charge on any atom is -0.330 e. The second-order valence-electron chi connectivity index (χ2n) is 6.04. The number of nitrogens with one attached hydrogen (secondary N) is 3. The van der Waals surface area contributed by atoms with Crippen molar-refractivity contribution in [3.05, 3.63) is 82.1 Å². The maximum atomic E-state index is 14.2. The van der Waals surface area contributed by atoms with Gasteiger partial charge in [-0.25, -0.2) is 13.6 Å². The van der Waals surface area contributed by atoms with Gasteiger partial charge in [0.2, 0.25) is 5.91 Å². The first kappa shape index (κ1) is 19.0. The number of benzene rings is 2. The Balaban J connectivity index is 1.92. The van der Waals surface area contributed by atoms with Crippen molar-refractivity contribution in [1.29, 1.82) is 0 Å². The second kappa shape index (κ2) is 7.43. The number of halogens is 2. The average molecular weight is 388 g/mol. The molecule has 3 N–H and O–H groups in total. The lowest BCUT2D eigenvalue weighted by Gasteiger charge is -2.34. The number of nitro groups is 1. The van der Waals surface area contributed by atoms with Gasteiger partial charge in [-0.15, -0.1) is 0 Å². The standard InChI is InChI=1S/C18H14F2N4O4/c1-9-15(17(25)22-11-3-2-4-12(8-11)24(27)28)16(23-18(26)21-9)13-6-5-10(19)7-14(13)20/h2-8,15-16H,1H2,(H,22,25)(H2,21,23,26)/t15-,16-/m0/s1. The van der Waals surface area contributed by atoms with Crippen LogP contribution in [0.25, 0.3) is 0 Å². The van der Waals surface area contributed by atoms with Gasteiger partial charge in [-0.05, 0) is 12.1 Å². The lowest BCUT2D eigenvalue weighted by Crippen LogP contribution is -2.52. The number of nitro benzene ring substituents is 1. The molecule has 1 aliphatic rings. The Morgan fingerprint density at radius 3 is 2.64 bits per heavy atom. The van der Waals surface area contributed by atoms with Crippen molar-refractivity contribution in [3.8, 4) is 0 Å². The van der Waals surface area contributed by atoms with Crippen LogP contribution in [0.5, 0.6) is 0 Å². The van der Waals surface area contributed by atoms with Gasteiger partial charge in [0.1, 0.15) is 17.6 Å². The van der Waals surface area contributed by atoms with Crippen LogP contribution >= 0.6 is 0 Å². The van der Waals surface area contributed by atoms with Crippen LogP contribution in [-0.4, -0.2) is 16.9 Å². The van der Waals surface area contributed by atoms with E-state index in [1.807, 2.05) is 0 Å². The summed E-state index contributed by atoms with van der Waals surface area (Å²) in [4.78, 5) is 34.9. The summed E-state index contributed by atoms with van der Waals surface area (Å²) in [5, 5.41) is 18.1. The summed E-state index contributed by atoms with van der Waals surface area (Å²) in [6, 6.07) is 6.17. The molecule has 144 valence electrons. The normalized spacial score (nSPS) is 18.8. The van der Waals surface area contributed by atoms with E-state index >= 15 is 0 Å². The molecule has 2 atom stereocenters. The third-order valence-corrected chi connectivity index (χ3v) is 4.17. The predicted octanol–water partition coefficient (Wildman–Crippen LogP) is 3.00. The number of hydrogen-bond acceptors (Lipinski definition) is 4. The van der Waals surface area contributed by atoms with Crippen molar-refractivity contribution in [1.82, 2.24) is 10.6 Å². The predicted molar refractivity (Wildman–Crippen MR) is 95.1 cm³/mol. The van der Waals surface area contributed by atoms with Crippen LogP contribution in [0.3, 0.4) is 0 Å². The maximum Gasteiger partial charge on any atom is 0.319 e. The van der Waals surface area contributed by atoms with E-state index in [2.05, 4.69) is 22.5 Å². The summed E-state index contributed by atoms with van der Waals surface area (Å²) in [7, 11) is 0. The third-order valence-electron chi connectivity index (χ3n) is 4.17. The van der Waals surface area contributed by atoms with Crippen LogP contribution in [0.4, 0.5) is 25.0 Å². The van der Waals surface area contributed by atoms with Gasteiger partial charge in [-0.3, -0.25) is 14.9 Å². The van der Waals surface area contributed by atoms with E-state index < -0.39 is 40.5 Å². The monoisotopic (exact) mass is 388 g/mol. The van der Waals surface area contributed by atoms with Gasteiger partial charge in [0, 0.05) is 35.1 Å². The van der Waals surface area contributed by atoms with E-state index in [9.17, 15) is 28.5 Å². The molecule has 1 heterocycles. The molecule has 28 heavy (non-hydrogen) atoms. The van der Waals surface area contributed by atoms with Crippen LogP contribution in [0.15, 0.2) is 54.7 Å². The number of carbonyl (C=O) groups excluding carboxylic acids is 2. The minimum absolute atomic E-state index is 0.000376. The fourth-order valence-electron chi connectivity index (χ4n) is 2.92. The van der Waals surface area contributed by atoms with Gasteiger partial charge < -0.3 is 16.0 Å². The molecule has 0 aliphatic carbocycles. The number of anilines is 1. The zero-order valence-corrected chi connectivity index (χ0v) is 14.2. The topological polar surface area (TPSA) is 113 Å². The van der Waals surface area contributed by atoms with Gasteiger partial charge >= 0.3 is 6.03 Å². The smallest absolute Gasteiger partial charge is 0.319 e. The number of rotatable bonds is 4. The molecule has 3 rings (SSSR count). The second-order valence-corrected chi connectivity index (χ2v) is 6.04. The molecule has 0 saturated carbocycles. The van der Waals surface area contributed by atoms with Gasteiger partial charge in [0.25, 0.3) is 5.69 Å². The Kier molecular flexibility index (Phi) is 5.03. The molecule has 2 aromatic carbocycles. The summed E-state index contributed by atoms with van der Waals surface area (Å²) in [6.45, 7) is 3.64. The van der Waals surface area contributed by atoms with Gasteiger partial charge in [0.05, 0.1) is 11.0 Å². The summed E-state index contributed by atoms with van der Waals surface area (Å²) in [5.41, 5.74) is -0.188. The molecule has 2 aromatic rings. The van der Waals surface area contributed by atoms with Gasteiger partial charge in [0.15, 0.2) is 0 Å². The number of urea groups is 1. The number of nitrogens with zero attached hydrogens (tertiary/aromatic N) is 1. The van der Waals surface area contributed by atoms with Crippen molar-refractivity contribution in [2.45, 2.75) is 6.04 Å². The van der Waals surface area contributed by atoms with Crippen LogP contribution in [0, 0.1) is 27.7 Å². The van der Waals surface area contributed by atoms with E-state index in [-0.39, 0.29) is 22.6 Å². The Morgan fingerprint density at radius 2 is 1.96 bits per heavy atom. The first-order valence-electron chi connectivity index (χ1n) is 8.03. The zero-order valence-electron chi connectivity index (χ0n) is 14.2. The van der Waals surface area contributed by atoms with E-state index in [1.165, 1.54) is 18.2 Å². The van der Waals surface area contributed by atoms with Crippen LogP contribution in [0.2, 0.25) is 0 Å². The van der Waals surface area contributed by atoms with Crippen molar-refractivity contribution < 1.29 is 23.3 Å². The molecule has 10 heteroatoms. The maximum absolute atomic E-state index is 14.2. The molecule has 1 fully saturated rings. The lowest BCUT2D eigenvalue weighted by atomic mass is 9.88. The fraction of sp³-hybridized carbons (Fsp3) is 0.111. The molecule has 3 amide bonds. The summed E-state index contributed by atoms with van der Waals surface area (Å²) in [6.07, 6.45) is 0. The molecule has 8 nitrogen and oxygen atoms in total. The first-order valence-corrected chi connectivity index (χ1v) is 8.03. The molecule has 0 unspecified atom stereocenters. The lowest BCUT2D eigenvalue weighted by molar-refractivity contribution is -0.384. The van der Waals surface area contributed by atoms with Gasteiger partial charge in [-0.2, -0.15) is 0 Å². The Bertz CT molecular complexity index is 995. The molecule has 1 saturated heterocycles. The minimum atomic E-state index is -1.16. The quantitative estimate of drug-likeness (QED) is 0.552. The zero-order chi connectivity index (χ0) is 20.4. The van der Waals surface area contributed by atoms with Crippen LogP contribution < -0.4 is 16.0 Å². The van der Waals surface area contributed by atoms with E-state index in [0.29, 0.717) is 6.07 Å². The van der Waals surface area contributed by atoms with E-state index in [4.69, 9.17) is 0 Å². The number of amides is 3. The Hall–Kier alpha value is -3.82. The van der Waals surface area contributed by atoms with Crippen molar-refractivity contribution in [3.63, 3.8) is 0 Å². The molecular formula is C18H14F2N4O4. The van der Waals surface area contributed by atoms with Crippen molar-refractivity contribution in [2.24, 2.45) is 5.92 Å². The molecule has 1 aliphatic heterocycles. The largest absolute Gasteiger partial charge is 0.330 e. The first-order chi connectivity index (χ1) is 13.3. The average Bonchev–Trinajstić information content (AvgIpc) is 2.61. The Labute approximate surface area is 157 Å². The highest BCUT2D eigenvalue weighted by molar-refractivity contribution is 5.97. The number of carbonyl (C=O) groups is 2. The summed E-state index contributed by atoms with van der Waals surface area (Å²) in [5.74, 6) is -3.59. The highest BCUT2D eigenvalue weighted by Crippen LogP contribution is 2.32. The molecular weight excluding hydrogens is 374 g/mol. The van der Waals surface area contributed by atoms with Crippen molar-refractivity contribution >= 4 is 23.3 Å². The number of hydrogen-bond donors (Lipinski definition) is 3. The SMILES string of the molecule is C=C1NC(=O)N[C@@H](c2ccc(F)cc2F)[C@H]1C(=O)Nc1cccc([N+](=O)[O-])c1. The molecule has 0 aromatic heterocycles. The van der Waals surface area contributed by atoms with Crippen molar-refractivity contribution in [2.75, 3.05) is 5.32 Å². The van der Waals surface area contributed by atoms with E-state index in [0.717, 1.165) is 18.2 Å². The highest BCUT2D eigenvalue weighted by atomic mass is 19.1. The molecule has 0 radical (unpaired) electrons. The third kappa shape index (κ3) is 3.80. The van der Waals surface area contributed by atoms with E-state index in [1.54, 1.807) is 0 Å². The summed E-state index contributed by atoms with van der Waals surface area (Å²) < 4.78 is 27.5. The Morgan fingerprint density at radius 1 is 1.21 bits per heavy atom. The molecule has 0 spiro atoms. The highest BCUT2D eigenvalue weighted by Gasteiger charge is 2.39. The number of non-ortho nitro benzene ring substituents is 1. The van der Waals surface area contributed by atoms with Crippen LogP contribution in [0.1, 0.15) is 11.6 Å². The molecule has 0 bridgehead atoms. The van der Waals surface area contributed by atoms with Crippen LogP contribution in [-0.2, 0) is 4.79 Å².